The fourth-order valence-electron chi connectivity index (χ4n) is 4.78. The third-order valence-corrected chi connectivity index (χ3v) is 6.52. The van der Waals surface area contributed by atoms with E-state index in [1.807, 2.05) is 27.1 Å². The van der Waals surface area contributed by atoms with Gasteiger partial charge in [-0.2, -0.15) is 0 Å². The summed E-state index contributed by atoms with van der Waals surface area (Å²) in [5.41, 5.74) is 9.84. The highest BCUT2D eigenvalue weighted by molar-refractivity contribution is 5.97. The molecule has 0 aliphatic carbocycles. The molecule has 0 saturated carbocycles. The average molecular weight is 508 g/mol. The molecule has 9 heteroatoms. The third kappa shape index (κ3) is 5.89. The molecule has 0 unspecified atom stereocenters. The second kappa shape index (κ2) is 11.7. The highest BCUT2D eigenvalue weighted by atomic mass is 19.1. The predicted molar refractivity (Wildman–Crippen MR) is 142 cm³/mol. The van der Waals surface area contributed by atoms with Gasteiger partial charge in [0.1, 0.15) is 17.3 Å². The Morgan fingerprint density at radius 3 is 2.62 bits per heavy atom. The van der Waals surface area contributed by atoms with Gasteiger partial charge in [0.05, 0.1) is 18.4 Å². The number of aromatic nitrogens is 2. The molecule has 1 fully saturated rings. The van der Waals surface area contributed by atoms with E-state index >= 15 is 0 Å². The smallest absolute Gasteiger partial charge is 0.271 e. The SMILES string of the molecule is CCc1nc(C(N)=O)c(Nc2ccc(C3CCOCC3)c(CN(C)C)c2)nc1-c1c(F)cccc1OC. The molecule has 4 rings (SSSR count). The van der Waals surface area contributed by atoms with Gasteiger partial charge >= 0.3 is 0 Å². The van der Waals surface area contributed by atoms with Gasteiger partial charge in [0.25, 0.3) is 5.91 Å². The first-order chi connectivity index (χ1) is 17.8. The number of anilines is 2. The molecule has 3 aromatic rings. The van der Waals surface area contributed by atoms with Crippen molar-refractivity contribution in [3.8, 4) is 17.0 Å². The number of nitrogens with one attached hydrogen (secondary N) is 1. The Morgan fingerprint density at radius 1 is 1.22 bits per heavy atom. The van der Waals surface area contributed by atoms with E-state index in [2.05, 4.69) is 32.3 Å². The second-order valence-electron chi connectivity index (χ2n) is 9.41. The number of ether oxygens (including phenoxy) is 2. The van der Waals surface area contributed by atoms with Crippen LogP contribution >= 0.6 is 0 Å². The molecule has 1 aromatic heterocycles. The molecule has 3 N–H and O–H groups in total. The number of carbonyl (C=O) groups excluding carboxylic acids is 1. The van der Waals surface area contributed by atoms with Crippen LogP contribution in [0.3, 0.4) is 0 Å². The molecule has 0 atom stereocenters. The van der Waals surface area contributed by atoms with Gasteiger partial charge in [0, 0.05) is 25.4 Å². The number of hydrogen-bond donors (Lipinski definition) is 2. The van der Waals surface area contributed by atoms with Crippen LogP contribution in [0.1, 0.15) is 53.0 Å². The molecular weight excluding hydrogens is 473 g/mol. The van der Waals surface area contributed by atoms with Crippen LogP contribution in [0, 0.1) is 5.82 Å². The van der Waals surface area contributed by atoms with Crippen molar-refractivity contribution in [3.05, 3.63) is 64.7 Å². The summed E-state index contributed by atoms with van der Waals surface area (Å²) in [5, 5.41) is 3.24. The number of amides is 1. The number of primary amides is 1. The van der Waals surface area contributed by atoms with Crippen LogP contribution in [0.25, 0.3) is 11.3 Å². The highest BCUT2D eigenvalue weighted by Gasteiger charge is 2.24. The molecule has 2 aromatic carbocycles. The molecule has 1 aliphatic heterocycles. The summed E-state index contributed by atoms with van der Waals surface area (Å²) in [7, 11) is 5.53. The van der Waals surface area contributed by atoms with Crippen molar-refractivity contribution in [2.24, 2.45) is 5.73 Å². The first kappa shape index (κ1) is 26.5. The van der Waals surface area contributed by atoms with Gasteiger partial charge in [0.2, 0.25) is 0 Å². The first-order valence-corrected chi connectivity index (χ1v) is 12.5. The Bertz CT molecular complexity index is 1270. The number of nitrogens with zero attached hydrogens (tertiary/aromatic N) is 3. The van der Waals surface area contributed by atoms with Crippen molar-refractivity contribution in [1.82, 2.24) is 14.9 Å². The topological polar surface area (TPSA) is 103 Å². The van der Waals surface area contributed by atoms with E-state index < -0.39 is 11.7 Å². The second-order valence-corrected chi connectivity index (χ2v) is 9.41. The lowest BCUT2D eigenvalue weighted by molar-refractivity contribution is 0.0850. The Balaban J connectivity index is 1.80. The van der Waals surface area contributed by atoms with Gasteiger partial charge in [-0.25, -0.2) is 14.4 Å². The van der Waals surface area contributed by atoms with Crippen molar-refractivity contribution >= 4 is 17.4 Å². The number of benzene rings is 2. The van der Waals surface area contributed by atoms with Crippen LogP contribution in [-0.4, -0.2) is 55.2 Å². The van der Waals surface area contributed by atoms with E-state index in [4.69, 9.17) is 15.2 Å². The van der Waals surface area contributed by atoms with Crippen LogP contribution < -0.4 is 15.8 Å². The first-order valence-electron chi connectivity index (χ1n) is 12.5. The fraction of sp³-hybridized carbons (Fsp3) is 0.393. The highest BCUT2D eigenvalue weighted by Crippen LogP contribution is 2.36. The zero-order valence-corrected chi connectivity index (χ0v) is 21.8. The Labute approximate surface area is 217 Å². The molecule has 0 radical (unpaired) electrons. The van der Waals surface area contributed by atoms with Crippen LogP contribution in [0.5, 0.6) is 5.75 Å². The molecule has 0 spiro atoms. The van der Waals surface area contributed by atoms with Gasteiger partial charge < -0.3 is 25.4 Å². The molecule has 196 valence electrons. The molecule has 8 nitrogen and oxygen atoms in total. The summed E-state index contributed by atoms with van der Waals surface area (Å²) in [6.07, 6.45) is 2.39. The molecule has 1 amide bonds. The maximum atomic E-state index is 15.0. The van der Waals surface area contributed by atoms with Crippen molar-refractivity contribution in [1.29, 1.82) is 0 Å². The number of aryl methyl sites for hydroxylation is 1. The summed E-state index contributed by atoms with van der Waals surface area (Å²) in [6.45, 7) is 4.13. The number of halogens is 1. The number of methoxy groups -OCH3 is 1. The van der Waals surface area contributed by atoms with Crippen LogP contribution in [0.15, 0.2) is 36.4 Å². The van der Waals surface area contributed by atoms with E-state index in [0.29, 0.717) is 29.5 Å². The zero-order valence-electron chi connectivity index (χ0n) is 21.8. The Kier molecular flexibility index (Phi) is 8.35. The van der Waals surface area contributed by atoms with E-state index in [9.17, 15) is 9.18 Å². The summed E-state index contributed by atoms with van der Waals surface area (Å²) >= 11 is 0. The van der Waals surface area contributed by atoms with Crippen molar-refractivity contribution in [3.63, 3.8) is 0 Å². The third-order valence-electron chi connectivity index (χ3n) is 6.52. The summed E-state index contributed by atoms with van der Waals surface area (Å²) in [6, 6.07) is 10.7. The predicted octanol–water partition coefficient (Wildman–Crippen LogP) is 4.65. The number of rotatable bonds is 9. The minimum absolute atomic E-state index is 0.00132. The van der Waals surface area contributed by atoms with Gasteiger partial charge in [0.15, 0.2) is 11.5 Å². The van der Waals surface area contributed by atoms with Crippen LogP contribution in [-0.2, 0) is 17.7 Å². The lowest BCUT2D eigenvalue weighted by Gasteiger charge is -2.26. The van der Waals surface area contributed by atoms with Crippen LogP contribution in [0.2, 0.25) is 0 Å². The van der Waals surface area contributed by atoms with E-state index in [0.717, 1.165) is 38.3 Å². The molecule has 1 aliphatic rings. The summed E-state index contributed by atoms with van der Waals surface area (Å²) < 4.78 is 25.9. The molecule has 1 saturated heterocycles. The van der Waals surface area contributed by atoms with Crippen molar-refractivity contribution in [2.45, 2.75) is 38.6 Å². The minimum Gasteiger partial charge on any atom is -0.496 e. The Morgan fingerprint density at radius 2 is 1.97 bits per heavy atom. The lowest BCUT2D eigenvalue weighted by atomic mass is 9.88. The molecule has 0 bridgehead atoms. The maximum Gasteiger partial charge on any atom is 0.271 e. The quantitative estimate of drug-likeness (QED) is 0.435. The lowest BCUT2D eigenvalue weighted by Crippen LogP contribution is -2.19. The monoisotopic (exact) mass is 507 g/mol. The molecule has 2 heterocycles. The fourth-order valence-corrected chi connectivity index (χ4v) is 4.78. The molecular formula is C28H34FN5O3. The van der Waals surface area contributed by atoms with Crippen molar-refractivity contribution in [2.75, 3.05) is 39.7 Å². The van der Waals surface area contributed by atoms with Crippen molar-refractivity contribution < 1.29 is 18.7 Å². The molecule has 37 heavy (non-hydrogen) atoms. The van der Waals surface area contributed by atoms with Gasteiger partial charge in [-0.15, -0.1) is 0 Å². The minimum atomic E-state index is -0.718. The number of nitrogens with two attached hydrogens (primary N) is 1. The number of carbonyl (C=O) groups is 1. The standard InChI is InChI=1S/C28H34FN5O3/c1-5-22-25(24-21(29)7-6-8-23(24)36-4)33-28(26(32-22)27(30)35)31-19-9-10-20(17-11-13-37-14-12-17)18(15-19)16-34(2)3/h6-10,15,17H,5,11-14,16H2,1-4H3,(H2,30,35)(H,31,33). The largest absolute Gasteiger partial charge is 0.496 e. The van der Waals surface area contributed by atoms with Crippen LogP contribution in [0.4, 0.5) is 15.9 Å². The van der Waals surface area contributed by atoms with Gasteiger partial charge in [-0.1, -0.05) is 19.1 Å². The van der Waals surface area contributed by atoms with Gasteiger partial charge in [-0.05, 0) is 74.7 Å². The van der Waals surface area contributed by atoms with Gasteiger partial charge in [-0.3, -0.25) is 4.79 Å². The number of hydrogen-bond acceptors (Lipinski definition) is 7. The summed E-state index contributed by atoms with van der Waals surface area (Å²) in [4.78, 5) is 23.7. The summed E-state index contributed by atoms with van der Waals surface area (Å²) in [5.74, 6) is -0.280. The van der Waals surface area contributed by atoms with E-state index in [-0.39, 0.29) is 17.1 Å². The normalized spacial score (nSPS) is 14.1. The van der Waals surface area contributed by atoms with E-state index in [1.165, 1.54) is 24.3 Å². The van der Waals surface area contributed by atoms with E-state index in [1.54, 1.807) is 12.1 Å². The maximum absolute atomic E-state index is 15.0. The average Bonchev–Trinajstić information content (AvgIpc) is 2.88. The zero-order chi connectivity index (χ0) is 26.5. The Hall–Kier alpha value is -3.56.